The average Bonchev–Trinajstić information content (AvgIpc) is 3.37. The number of hydrogen-bond donors (Lipinski definition) is 1. The van der Waals surface area contributed by atoms with Crippen LogP contribution in [0.5, 0.6) is 11.5 Å². The van der Waals surface area contributed by atoms with Crippen LogP contribution in [0.25, 0.3) is 0 Å². The SMILES string of the molecule is COc1cccc(CNC(=O)C2C3CCC4(CC(=O)c5ccccc5O4)C32)c1. The zero-order valence-electron chi connectivity index (χ0n) is 15.8. The molecule has 4 atom stereocenters. The highest BCUT2D eigenvalue weighted by Gasteiger charge is 2.70. The molecule has 2 aliphatic carbocycles. The molecule has 0 aromatic heterocycles. The maximum absolute atomic E-state index is 12.8. The number of amides is 1. The first kappa shape index (κ1) is 17.3. The lowest BCUT2D eigenvalue weighted by atomic mass is 9.84. The Morgan fingerprint density at radius 3 is 2.96 bits per heavy atom. The van der Waals surface area contributed by atoms with Crippen LogP contribution in [0, 0.1) is 17.8 Å². The Morgan fingerprint density at radius 1 is 1.25 bits per heavy atom. The van der Waals surface area contributed by atoms with E-state index < -0.39 is 5.60 Å². The summed E-state index contributed by atoms with van der Waals surface area (Å²) in [5.41, 5.74) is 1.16. The van der Waals surface area contributed by atoms with Gasteiger partial charge in [-0.2, -0.15) is 0 Å². The number of hydrogen-bond acceptors (Lipinski definition) is 4. The van der Waals surface area contributed by atoms with Gasteiger partial charge in [-0.05, 0) is 48.6 Å². The van der Waals surface area contributed by atoms with E-state index in [-0.39, 0.29) is 23.5 Å². The number of carbonyl (C=O) groups excluding carboxylic acids is 2. The molecule has 1 heterocycles. The van der Waals surface area contributed by atoms with Crippen molar-refractivity contribution in [2.45, 2.75) is 31.4 Å². The highest BCUT2D eigenvalue weighted by Crippen LogP contribution is 2.65. The quantitative estimate of drug-likeness (QED) is 0.887. The molecule has 0 radical (unpaired) electrons. The molecular weight excluding hydrogens is 354 g/mol. The fraction of sp³-hybridized carbons (Fsp3) is 0.391. The molecule has 144 valence electrons. The molecule has 4 unspecified atom stereocenters. The van der Waals surface area contributed by atoms with Gasteiger partial charge in [0, 0.05) is 18.4 Å². The molecule has 2 aromatic rings. The molecule has 2 aromatic carbocycles. The summed E-state index contributed by atoms with van der Waals surface area (Å²) in [5, 5.41) is 3.06. The first-order chi connectivity index (χ1) is 13.6. The summed E-state index contributed by atoms with van der Waals surface area (Å²) in [6.45, 7) is 0.474. The Labute approximate surface area is 164 Å². The predicted molar refractivity (Wildman–Crippen MR) is 103 cm³/mol. The van der Waals surface area contributed by atoms with Crippen LogP contribution in [-0.2, 0) is 11.3 Å². The maximum Gasteiger partial charge on any atom is 0.224 e. The van der Waals surface area contributed by atoms with Gasteiger partial charge in [0.25, 0.3) is 0 Å². The van der Waals surface area contributed by atoms with Crippen molar-refractivity contribution in [1.29, 1.82) is 0 Å². The predicted octanol–water partition coefficient (Wildman–Crippen LogP) is 3.37. The minimum absolute atomic E-state index is 0.0579. The number of rotatable bonds is 4. The van der Waals surface area contributed by atoms with Gasteiger partial charge in [0.1, 0.15) is 17.1 Å². The molecule has 5 heteroatoms. The van der Waals surface area contributed by atoms with E-state index in [0.717, 1.165) is 24.2 Å². The number of para-hydroxylation sites is 1. The normalized spacial score (nSPS) is 29.6. The van der Waals surface area contributed by atoms with Crippen LogP contribution in [0.1, 0.15) is 35.2 Å². The number of methoxy groups -OCH3 is 1. The van der Waals surface area contributed by atoms with E-state index in [1.165, 1.54) is 0 Å². The second-order valence-electron chi connectivity index (χ2n) is 8.09. The summed E-state index contributed by atoms with van der Waals surface area (Å²) in [5.74, 6) is 2.04. The van der Waals surface area contributed by atoms with Crippen molar-refractivity contribution in [3.05, 3.63) is 59.7 Å². The lowest BCUT2D eigenvalue weighted by Crippen LogP contribution is -2.44. The molecule has 0 bridgehead atoms. The van der Waals surface area contributed by atoms with E-state index in [1.807, 2.05) is 48.5 Å². The van der Waals surface area contributed by atoms with Crippen molar-refractivity contribution in [2.24, 2.45) is 17.8 Å². The van der Waals surface area contributed by atoms with Crippen LogP contribution in [0.2, 0.25) is 0 Å². The van der Waals surface area contributed by atoms with Gasteiger partial charge < -0.3 is 14.8 Å². The van der Waals surface area contributed by atoms with Crippen molar-refractivity contribution in [2.75, 3.05) is 7.11 Å². The first-order valence-corrected chi connectivity index (χ1v) is 9.83. The molecule has 0 saturated heterocycles. The average molecular weight is 377 g/mol. The Balaban J connectivity index is 1.28. The minimum Gasteiger partial charge on any atom is -0.497 e. The summed E-state index contributed by atoms with van der Waals surface area (Å²) in [6, 6.07) is 15.1. The Kier molecular flexibility index (Phi) is 3.93. The van der Waals surface area contributed by atoms with Crippen molar-refractivity contribution < 1.29 is 19.1 Å². The smallest absolute Gasteiger partial charge is 0.224 e. The second-order valence-corrected chi connectivity index (χ2v) is 8.09. The standard InChI is InChI=1S/C23H23NO4/c1-27-15-6-4-5-14(11-15)13-24-22(26)20-17-9-10-23(21(17)20)12-18(25)16-7-2-3-8-19(16)28-23/h2-8,11,17,20-21H,9-10,12-13H2,1H3,(H,24,26). The number of ether oxygens (including phenoxy) is 2. The van der Waals surface area contributed by atoms with Gasteiger partial charge in [-0.3, -0.25) is 9.59 Å². The highest BCUT2D eigenvalue weighted by atomic mass is 16.5. The number of benzene rings is 2. The number of ketones is 1. The topological polar surface area (TPSA) is 64.6 Å². The van der Waals surface area contributed by atoms with Gasteiger partial charge in [0.2, 0.25) is 5.91 Å². The van der Waals surface area contributed by atoms with E-state index in [4.69, 9.17) is 9.47 Å². The number of fused-ring (bicyclic) bond motifs is 3. The van der Waals surface area contributed by atoms with Gasteiger partial charge in [0.15, 0.2) is 5.78 Å². The molecule has 1 amide bonds. The van der Waals surface area contributed by atoms with Crippen LogP contribution < -0.4 is 14.8 Å². The van der Waals surface area contributed by atoms with Crippen LogP contribution >= 0.6 is 0 Å². The van der Waals surface area contributed by atoms with Gasteiger partial charge >= 0.3 is 0 Å². The van der Waals surface area contributed by atoms with E-state index in [0.29, 0.717) is 30.2 Å². The summed E-state index contributed by atoms with van der Waals surface area (Å²) in [7, 11) is 1.63. The first-order valence-electron chi connectivity index (χ1n) is 9.83. The number of Topliss-reactive ketones (excluding diaryl/α,β-unsaturated/α-hetero) is 1. The van der Waals surface area contributed by atoms with Gasteiger partial charge in [-0.15, -0.1) is 0 Å². The van der Waals surface area contributed by atoms with E-state index in [9.17, 15) is 9.59 Å². The molecule has 1 aliphatic heterocycles. The molecule has 5 rings (SSSR count). The molecule has 3 aliphatic rings. The van der Waals surface area contributed by atoms with Crippen molar-refractivity contribution in [3.8, 4) is 11.5 Å². The van der Waals surface area contributed by atoms with Crippen LogP contribution in [0.15, 0.2) is 48.5 Å². The Bertz CT molecular complexity index is 955. The monoisotopic (exact) mass is 377 g/mol. The van der Waals surface area contributed by atoms with Gasteiger partial charge in [-0.1, -0.05) is 24.3 Å². The largest absolute Gasteiger partial charge is 0.497 e. The number of nitrogens with one attached hydrogen (secondary N) is 1. The van der Waals surface area contributed by atoms with E-state index >= 15 is 0 Å². The molecule has 2 saturated carbocycles. The fourth-order valence-electron chi connectivity index (χ4n) is 5.21. The third-order valence-corrected chi connectivity index (χ3v) is 6.54. The Hall–Kier alpha value is -2.82. The molecular formula is C23H23NO4. The molecule has 2 fully saturated rings. The van der Waals surface area contributed by atoms with Gasteiger partial charge in [-0.25, -0.2) is 0 Å². The van der Waals surface area contributed by atoms with E-state index in [1.54, 1.807) is 7.11 Å². The van der Waals surface area contributed by atoms with Crippen molar-refractivity contribution in [1.82, 2.24) is 5.32 Å². The zero-order valence-corrected chi connectivity index (χ0v) is 15.8. The summed E-state index contributed by atoms with van der Waals surface area (Å²) >= 11 is 0. The van der Waals surface area contributed by atoms with Crippen LogP contribution in [0.3, 0.4) is 0 Å². The lowest BCUT2D eigenvalue weighted by molar-refractivity contribution is -0.124. The fourth-order valence-corrected chi connectivity index (χ4v) is 5.21. The lowest BCUT2D eigenvalue weighted by Gasteiger charge is -2.37. The Morgan fingerprint density at radius 2 is 2.11 bits per heavy atom. The van der Waals surface area contributed by atoms with Crippen molar-refractivity contribution in [3.63, 3.8) is 0 Å². The minimum atomic E-state index is -0.506. The van der Waals surface area contributed by atoms with Gasteiger partial charge in [0.05, 0.1) is 19.1 Å². The maximum atomic E-state index is 12.8. The molecule has 5 nitrogen and oxygen atoms in total. The summed E-state index contributed by atoms with van der Waals surface area (Å²) < 4.78 is 11.6. The second kappa shape index (κ2) is 6.36. The molecule has 1 N–H and O–H groups in total. The third kappa shape index (κ3) is 2.68. The van der Waals surface area contributed by atoms with Crippen molar-refractivity contribution >= 4 is 11.7 Å². The number of carbonyl (C=O) groups is 2. The molecule has 28 heavy (non-hydrogen) atoms. The molecule has 1 spiro atoms. The van der Waals surface area contributed by atoms with E-state index in [2.05, 4.69) is 5.32 Å². The highest BCUT2D eigenvalue weighted by molar-refractivity contribution is 6.00. The van der Waals surface area contributed by atoms with Crippen LogP contribution in [-0.4, -0.2) is 24.4 Å². The van der Waals surface area contributed by atoms with Crippen LogP contribution in [0.4, 0.5) is 0 Å². The summed E-state index contributed by atoms with van der Waals surface area (Å²) in [4.78, 5) is 25.5. The zero-order chi connectivity index (χ0) is 19.3. The third-order valence-electron chi connectivity index (χ3n) is 6.54. The summed E-state index contributed by atoms with van der Waals surface area (Å²) in [6.07, 6.45) is 2.17.